The molecule has 0 aromatic carbocycles. The van der Waals surface area contributed by atoms with Gasteiger partial charge in [0.25, 0.3) is 0 Å². The molecule has 3 heteroatoms. The predicted octanol–water partition coefficient (Wildman–Crippen LogP) is 3.62. The van der Waals surface area contributed by atoms with Gasteiger partial charge in [0.15, 0.2) is 0 Å². The van der Waals surface area contributed by atoms with E-state index >= 15 is 0 Å². The van der Waals surface area contributed by atoms with Crippen LogP contribution in [0.3, 0.4) is 0 Å². The monoisotopic (exact) mass is 218 g/mol. The highest BCUT2D eigenvalue weighted by atomic mass is 32.2. The first-order valence-corrected chi connectivity index (χ1v) is 10.2. The molecular weight excluding hydrogens is 200 g/mol. The Morgan fingerprint density at radius 3 is 2.67 bits per heavy atom. The van der Waals surface area contributed by atoms with Crippen LogP contribution in [0.5, 0.6) is 0 Å². The lowest BCUT2D eigenvalue weighted by Crippen LogP contribution is -2.23. The fourth-order valence-corrected chi connectivity index (χ4v) is 5.84. The molecule has 0 N–H and O–H groups in total. The van der Waals surface area contributed by atoms with E-state index in [0.29, 0.717) is 0 Å². The fourth-order valence-electron chi connectivity index (χ4n) is 1.14. The van der Waals surface area contributed by atoms with E-state index in [-0.39, 0.29) is 0 Å². The molecule has 0 fully saturated rings. The van der Waals surface area contributed by atoms with E-state index in [0.717, 1.165) is 0 Å². The number of thioether (sulfide) groups is 2. The van der Waals surface area contributed by atoms with Crippen LogP contribution in [0.15, 0.2) is 10.6 Å². The van der Waals surface area contributed by atoms with E-state index in [4.69, 9.17) is 0 Å². The molecule has 1 aliphatic rings. The molecule has 0 saturated heterocycles. The quantitative estimate of drug-likeness (QED) is 0.617. The smallest absolute Gasteiger partial charge is 0.0853 e. The molecule has 0 saturated carbocycles. The van der Waals surface area contributed by atoms with Crippen LogP contribution in [0.2, 0.25) is 19.6 Å². The van der Waals surface area contributed by atoms with E-state index in [1.165, 1.54) is 23.7 Å². The van der Waals surface area contributed by atoms with Gasteiger partial charge in [0.2, 0.25) is 0 Å². The van der Waals surface area contributed by atoms with Crippen molar-refractivity contribution in [3.8, 4) is 0 Å². The molecule has 1 heterocycles. The van der Waals surface area contributed by atoms with Gasteiger partial charge < -0.3 is 0 Å². The van der Waals surface area contributed by atoms with Crippen molar-refractivity contribution in [1.82, 2.24) is 0 Å². The lowest BCUT2D eigenvalue weighted by Gasteiger charge is -2.21. The Kier molecular flexibility index (Phi) is 4.27. The standard InChI is InChI=1S/C9H18S2Si/c1-12(2,3)9-5-8-10-6-4-7-11-9/h5H,4,6-8H2,1-3H3/b9-5+. The summed E-state index contributed by atoms with van der Waals surface area (Å²) in [6, 6.07) is 0. The third-order valence-corrected chi connectivity index (χ3v) is 7.72. The summed E-state index contributed by atoms with van der Waals surface area (Å²) in [5, 5.41) is 0. The molecule has 0 aromatic rings. The van der Waals surface area contributed by atoms with E-state index in [1.807, 2.05) is 0 Å². The summed E-state index contributed by atoms with van der Waals surface area (Å²) in [7, 11) is -1.00. The van der Waals surface area contributed by atoms with Gasteiger partial charge in [-0.05, 0) is 22.5 Å². The Hall–Kier alpha value is 0.657. The van der Waals surface area contributed by atoms with E-state index < -0.39 is 8.07 Å². The largest absolute Gasteiger partial charge is 0.158 e. The minimum atomic E-state index is -1.00. The van der Waals surface area contributed by atoms with Gasteiger partial charge in [-0.15, -0.1) is 11.8 Å². The molecule has 12 heavy (non-hydrogen) atoms. The van der Waals surface area contributed by atoms with Gasteiger partial charge in [0, 0.05) is 5.75 Å². The summed E-state index contributed by atoms with van der Waals surface area (Å²) >= 11 is 4.20. The molecular formula is C9H18S2Si. The second kappa shape index (κ2) is 4.77. The second-order valence-electron chi connectivity index (χ2n) is 4.10. The number of hydrogen-bond donors (Lipinski definition) is 0. The van der Waals surface area contributed by atoms with Crippen molar-refractivity contribution in [2.45, 2.75) is 26.1 Å². The SMILES string of the molecule is C[Si](C)(C)/C1=C/CSCCCS1. The topological polar surface area (TPSA) is 0 Å². The molecule has 0 bridgehead atoms. The summed E-state index contributed by atoms with van der Waals surface area (Å²) in [5.74, 6) is 3.93. The van der Waals surface area contributed by atoms with Crippen molar-refractivity contribution in [2.75, 3.05) is 17.3 Å². The molecule has 0 aromatic heterocycles. The minimum absolute atomic E-state index is 1.00. The maximum absolute atomic E-state index is 2.47. The van der Waals surface area contributed by atoms with Crippen molar-refractivity contribution in [3.05, 3.63) is 10.6 Å². The van der Waals surface area contributed by atoms with Crippen molar-refractivity contribution >= 4 is 31.6 Å². The number of hydrogen-bond acceptors (Lipinski definition) is 2. The Morgan fingerprint density at radius 2 is 2.00 bits per heavy atom. The minimum Gasteiger partial charge on any atom is -0.158 e. The summed E-state index contributed by atoms with van der Waals surface area (Å²) in [6.45, 7) is 7.33. The third kappa shape index (κ3) is 3.58. The lowest BCUT2D eigenvalue weighted by atomic mass is 10.6. The van der Waals surface area contributed by atoms with Crippen LogP contribution in [0.1, 0.15) is 6.42 Å². The van der Waals surface area contributed by atoms with Gasteiger partial charge in [-0.25, -0.2) is 0 Å². The fraction of sp³-hybridized carbons (Fsp3) is 0.778. The summed E-state index contributed by atoms with van der Waals surface area (Å²) in [5.41, 5.74) is 0. The zero-order chi connectivity index (χ0) is 9.03. The summed E-state index contributed by atoms with van der Waals surface area (Å²) in [4.78, 5) is 0. The average molecular weight is 218 g/mol. The normalized spacial score (nSPS) is 25.4. The molecule has 0 nitrogen and oxygen atoms in total. The maximum Gasteiger partial charge on any atom is 0.0853 e. The Morgan fingerprint density at radius 1 is 1.25 bits per heavy atom. The van der Waals surface area contributed by atoms with Gasteiger partial charge in [0.1, 0.15) is 0 Å². The van der Waals surface area contributed by atoms with Crippen LogP contribution in [0.25, 0.3) is 0 Å². The van der Waals surface area contributed by atoms with Crippen molar-refractivity contribution in [2.24, 2.45) is 0 Å². The third-order valence-electron chi connectivity index (χ3n) is 1.82. The first kappa shape index (κ1) is 10.7. The molecule has 0 unspecified atom stereocenters. The van der Waals surface area contributed by atoms with Crippen LogP contribution >= 0.6 is 23.5 Å². The first-order valence-electron chi connectivity index (χ1n) is 4.52. The highest BCUT2D eigenvalue weighted by molar-refractivity contribution is 8.05. The van der Waals surface area contributed by atoms with Crippen molar-refractivity contribution in [1.29, 1.82) is 0 Å². The predicted molar refractivity (Wildman–Crippen MR) is 65.8 cm³/mol. The van der Waals surface area contributed by atoms with Gasteiger partial charge in [-0.3, -0.25) is 0 Å². The van der Waals surface area contributed by atoms with Gasteiger partial charge in [0.05, 0.1) is 8.07 Å². The van der Waals surface area contributed by atoms with Gasteiger partial charge in [-0.1, -0.05) is 25.7 Å². The summed E-state index contributed by atoms with van der Waals surface area (Å²) < 4.78 is 1.72. The molecule has 1 aliphatic heterocycles. The van der Waals surface area contributed by atoms with Gasteiger partial charge >= 0.3 is 0 Å². The molecule has 0 amide bonds. The Balaban J connectivity index is 2.59. The number of rotatable bonds is 1. The van der Waals surface area contributed by atoms with Crippen LogP contribution in [0.4, 0.5) is 0 Å². The Bertz CT molecular complexity index is 170. The highest BCUT2D eigenvalue weighted by Gasteiger charge is 2.20. The lowest BCUT2D eigenvalue weighted by molar-refractivity contribution is 1.12. The van der Waals surface area contributed by atoms with Crippen LogP contribution in [-0.4, -0.2) is 25.3 Å². The molecule has 1 rings (SSSR count). The first-order chi connectivity index (χ1) is 5.61. The highest BCUT2D eigenvalue weighted by Crippen LogP contribution is 2.29. The zero-order valence-electron chi connectivity index (χ0n) is 8.22. The molecule has 0 atom stereocenters. The molecule has 0 aliphatic carbocycles. The van der Waals surface area contributed by atoms with Crippen LogP contribution in [0, 0.1) is 0 Å². The maximum atomic E-state index is 2.47. The zero-order valence-corrected chi connectivity index (χ0v) is 10.9. The van der Waals surface area contributed by atoms with Crippen LogP contribution in [-0.2, 0) is 0 Å². The van der Waals surface area contributed by atoms with Gasteiger partial charge in [-0.2, -0.15) is 11.8 Å². The van der Waals surface area contributed by atoms with E-state index in [2.05, 4.69) is 49.2 Å². The van der Waals surface area contributed by atoms with E-state index in [1.54, 1.807) is 4.53 Å². The van der Waals surface area contributed by atoms with Crippen molar-refractivity contribution < 1.29 is 0 Å². The molecule has 0 spiro atoms. The van der Waals surface area contributed by atoms with Crippen LogP contribution < -0.4 is 0 Å². The molecule has 0 radical (unpaired) electrons. The van der Waals surface area contributed by atoms with E-state index in [9.17, 15) is 0 Å². The van der Waals surface area contributed by atoms with Crippen molar-refractivity contribution in [3.63, 3.8) is 0 Å². The summed E-state index contributed by atoms with van der Waals surface area (Å²) in [6.07, 6.45) is 3.86. The second-order valence-corrected chi connectivity index (χ2v) is 11.8. The average Bonchev–Trinajstić information content (AvgIpc) is 1.81. The molecule has 70 valence electrons. The Labute approximate surface area is 85.6 Å².